The van der Waals surface area contributed by atoms with Crippen LogP contribution in [0.4, 0.5) is 0 Å². The molecule has 0 aliphatic heterocycles. The lowest BCUT2D eigenvalue weighted by Gasteiger charge is -2.19. The zero-order valence-electron chi connectivity index (χ0n) is 57.2. The maximum Gasteiger partial charge on any atom is 0.303 e. The van der Waals surface area contributed by atoms with Crippen molar-refractivity contribution in [2.75, 3.05) is 197 Å². The molecule has 28 nitrogen and oxygen atoms in total. The van der Waals surface area contributed by atoms with Gasteiger partial charge in [-0.3, -0.25) is 53.4 Å². The molecule has 0 fully saturated rings. The molecule has 0 aliphatic carbocycles. The van der Waals surface area contributed by atoms with E-state index in [2.05, 4.69) is 70.9 Å². The number of unbranched alkanes of at least 4 members (excludes halogenated alkanes) is 7. The molecule has 28 heteroatoms. The van der Waals surface area contributed by atoms with Crippen molar-refractivity contribution in [1.29, 1.82) is 0 Å². The Morgan fingerprint density at radius 1 is 0.189 bits per heavy atom. The molecule has 0 bridgehead atoms. The molecule has 0 aromatic carbocycles. The molecule has 0 saturated heterocycles. The zero-order chi connectivity index (χ0) is 70.7. The summed E-state index contributed by atoms with van der Waals surface area (Å²) in [6.07, 6.45) is 15.4. The number of carboxylic acids is 5. The minimum absolute atomic E-state index is 0.0632. The molecule has 0 rings (SSSR count). The fourth-order valence-corrected chi connectivity index (χ4v) is 6.93. The second kappa shape index (κ2) is 96.7. The van der Waals surface area contributed by atoms with Gasteiger partial charge in [0.15, 0.2) is 0 Å². The fourth-order valence-electron chi connectivity index (χ4n) is 6.93. The van der Waals surface area contributed by atoms with Crippen LogP contribution in [0.2, 0.25) is 0 Å². The quantitative estimate of drug-likeness (QED) is 0.0414. The summed E-state index contributed by atoms with van der Waals surface area (Å²) < 4.78 is 0. The third-order valence-corrected chi connectivity index (χ3v) is 12.0. The predicted octanol–water partition coefficient (Wildman–Crippen LogP) is 1.96. The van der Waals surface area contributed by atoms with Crippen LogP contribution in [0.15, 0.2) is 0 Å². The average molecular weight is 1320 g/mol. The molecule has 0 saturated carbocycles. The fraction of sp³-hybridized carbons (Fsp3) is 0.919. The Morgan fingerprint density at radius 2 is 0.311 bits per heavy atom. The van der Waals surface area contributed by atoms with Crippen molar-refractivity contribution in [1.82, 2.24) is 29.4 Å². The summed E-state index contributed by atoms with van der Waals surface area (Å²) in [6, 6.07) is 0. The maximum absolute atomic E-state index is 9.79. The Hall–Kier alpha value is -3.37. The van der Waals surface area contributed by atoms with Gasteiger partial charge in [0, 0.05) is 97.8 Å². The Labute approximate surface area is 542 Å². The predicted molar refractivity (Wildman–Crippen MR) is 354 cm³/mol. The molecule has 0 aromatic rings. The number of hydrogen-bond acceptors (Lipinski definition) is 23. The summed E-state index contributed by atoms with van der Waals surface area (Å²) in [5.74, 6) is -4.74. The minimum atomic E-state index is -1.08. The van der Waals surface area contributed by atoms with Gasteiger partial charge in [0.05, 0.1) is 92.1 Å². The van der Waals surface area contributed by atoms with Crippen LogP contribution in [0, 0.1) is 0 Å². The van der Waals surface area contributed by atoms with Crippen molar-refractivity contribution >= 4 is 29.8 Å². The van der Waals surface area contributed by atoms with Crippen LogP contribution in [-0.4, -0.2) is 343 Å². The molecular weight excluding hydrogens is 1180 g/mol. The summed E-state index contributed by atoms with van der Waals surface area (Å²) in [4.78, 5) is 61.1. The van der Waals surface area contributed by atoms with Crippen LogP contribution in [-0.2, 0) is 24.0 Å². The first-order valence-electron chi connectivity index (χ1n) is 32.8. The van der Waals surface area contributed by atoms with Crippen LogP contribution in [0.1, 0.15) is 177 Å². The summed E-state index contributed by atoms with van der Waals surface area (Å²) in [5, 5.41) is 144. The lowest BCUT2D eigenvalue weighted by molar-refractivity contribution is -0.143. The number of rotatable bonds is 52. The van der Waals surface area contributed by atoms with E-state index < -0.39 is 29.8 Å². The van der Waals surface area contributed by atoms with Crippen LogP contribution < -0.4 is 0 Å². The van der Waals surface area contributed by atoms with Crippen molar-refractivity contribution in [2.45, 2.75) is 177 Å². The largest absolute Gasteiger partial charge is 0.481 e. The lowest BCUT2D eigenvalue weighted by atomic mass is 10.2. The Kier molecular flexibility index (Phi) is 113. The summed E-state index contributed by atoms with van der Waals surface area (Å²) in [6.45, 7) is 31.1. The zero-order valence-corrected chi connectivity index (χ0v) is 57.2. The second-order valence-electron chi connectivity index (χ2n) is 20.3. The summed E-state index contributed by atoms with van der Waals surface area (Å²) in [5.41, 5.74) is 0. The number of hydrogen-bond donors (Lipinski definition) is 17. The van der Waals surface area contributed by atoms with Crippen LogP contribution >= 0.6 is 0 Å². The third kappa shape index (κ3) is 115. The highest BCUT2D eigenvalue weighted by Crippen LogP contribution is 1.99. The first-order valence-corrected chi connectivity index (χ1v) is 32.8. The van der Waals surface area contributed by atoms with Gasteiger partial charge in [0.2, 0.25) is 0 Å². The van der Waals surface area contributed by atoms with Crippen molar-refractivity contribution in [3.63, 3.8) is 0 Å². The maximum atomic E-state index is 9.79. The van der Waals surface area contributed by atoms with Crippen molar-refractivity contribution in [2.24, 2.45) is 0 Å². The first kappa shape index (κ1) is 105. The molecule has 0 aromatic heterocycles. The number of aliphatic hydroxyl groups is 12. The van der Waals surface area contributed by atoms with Gasteiger partial charge in [0.25, 0.3) is 0 Å². The van der Waals surface area contributed by atoms with E-state index in [1.165, 1.54) is 0 Å². The van der Waals surface area contributed by atoms with E-state index in [-0.39, 0.29) is 111 Å². The van der Waals surface area contributed by atoms with Gasteiger partial charge < -0.3 is 86.8 Å². The van der Waals surface area contributed by atoms with Gasteiger partial charge in [0.1, 0.15) is 0 Å². The highest BCUT2D eigenvalue weighted by atomic mass is 16.4. The van der Waals surface area contributed by atoms with E-state index in [0.717, 1.165) is 129 Å². The number of nitrogens with zero attached hydrogens (tertiary/aromatic N) is 6. The van der Waals surface area contributed by atoms with Crippen molar-refractivity contribution in [3.8, 4) is 0 Å². The van der Waals surface area contributed by atoms with Gasteiger partial charge in [-0.2, -0.15) is 0 Å². The summed E-state index contributed by atoms with van der Waals surface area (Å²) in [7, 11) is 0. The molecule has 0 amide bonds. The van der Waals surface area contributed by atoms with E-state index in [4.69, 9.17) is 86.8 Å². The normalized spacial score (nSPS) is 10.3. The first-order chi connectivity index (χ1) is 43.1. The Bertz CT molecular complexity index is 1160. The molecule has 0 heterocycles. The molecule has 548 valence electrons. The number of aliphatic hydroxyl groups excluding tert-OH is 12. The van der Waals surface area contributed by atoms with Crippen molar-refractivity contribution < 1.29 is 111 Å². The minimum Gasteiger partial charge on any atom is -0.481 e. The molecule has 0 radical (unpaired) electrons. The standard InChI is InChI=1S/6C8H19NO2.C5H8O4.C5H10O2.C4H6O4/c6*1-2-3-4-9(5-7-10)6-8-11;6-4(7)2-1-3-5(8)9;1-2-3-4-5(6)7;5-3(6)1-2-4(7)8/h6*10-11H,2-8H2,1H3;1-3H2,(H,6,7)(H,8,9);2-4H2,1H3,(H,6,7);1-2H2,(H,5,6)(H,7,8). The summed E-state index contributed by atoms with van der Waals surface area (Å²) >= 11 is 0. The van der Waals surface area contributed by atoms with Gasteiger partial charge in [-0.25, -0.2) is 0 Å². The van der Waals surface area contributed by atoms with Crippen LogP contribution in [0.5, 0.6) is 0 Å². The topological polar surface area (TPSA) is 449 Å². The SMILES string of the molecule is CCCCC(=O)O.CCCCN(CCO)CCO.CCCCN(CCO)CCO.CCCCN(CCO)CCO.CCCCN(CCO)CCO.CCCCN(CCO)CCO.CCCCN(CCO)CCO.O=C(O)CCC(=O)O.O=C(O)CCCC(=O)O. The van der Waals surface area contributed by atoms with Gasteiger partial charge in [-0.15, -0.1) is 0 Å². The van der Waals surface area contributed by atoms with E-state index in [1.807, 2.05) is 6.92 Å². The van der Waals surface area contributed by atoms with Gasteiger partial charge >= 0.3 is 29.8 Å². The number of aliphatic carboxylic acids is 5. The smallest absolute Gasteiger partial charge is 0.303 e. The van der Waals surface area contributed by atoms with Crippen LogP contribution in [0.3, 0.4) is 0 Å². The number of carbonyl (C=O) groups is 5. The highest BCUT2D eigenvalue weighted by molar-refractivity contribution is 5.75. The van der Waals surface area contributed by atoms with Crippen LogP contribution in [0.25, 0.3) is 0 Å². The van der Waals surface area contributed by atoms with Gasteiger partial charge in [-0.1, -0.05) is 93.4 Å². The van der Waals surface area contributed by atoms with E-state index >= 15 is 0 Å². The number of carboxylic acid groups (broad SMARTS) is 5. The highest BCUT2D eigenvalue weighted by Gasteiger charge is 2.06. The molecule has 0 spiro atoms. The third-order valence-electron chi connectivity index (χ3n) is 12.0. The molecule has 17 N–H and O–H groups in total. The molecule has 0 unspecified atom stereocenters. The van der Waals surface area contributed by atoms with Crippen molar-refractivity contribution in [3.05, 3.63) is 0 Å². The second-order valence-corrected chi connectivity index (χ2v) is 20.3. The Balaban J connectivity index is -0.000000118. The monoisotopic (exact) mass is 1320 g/mol. The average Bonchev–Trinajstić information content (AvgIpc) is 3.54. The molecule has 0 aliphatic rings. The Morgan fingerprint density at radius 3 is 0.400 bits per heavy atom. The van der Waals surface area contributed by atoms with Gasteiger partial charge in [-0.05, 0) is 90.6 Å². The molecule has 0 atom stereocenters. The van der Waals surface area contributed by atoms with E-state index in [9.17, 15) is 24.0 Å². The van der Waals surface area contributed by atoms with E-state index in [1.54, 1.807) is 0 Å². The molecule has 90 heavy (non-hydrogen) atoms. The lowest BCUT2D eigenvalue weighted by Crippen LogP contribution is -2.30. The molecular formula is C62H138N6O22. The van der Waals surface area contributed by atoms with E-state index in [0.29, 0.717) is 85.0 Å².